The van der Waals surface area contributed by atoms with Gasteiger partial charge in [-0.3, -0.25) is 14.4 Å². The third-order valence-corrected chi connectivity index (χ3v) is 3.70. The van der Waals surface area contributed by atoms with Crippen LogP contribution in [-0.2, 0) is 14.3 Å². The Labute approximate surface area is 151 Å². The second-order valence-electron chi connectivity index (χ2n) is 5.27. The molecule has 25 heavy (non-hydrogen) atoms. The first-order valence-corrected chi connectivity index (χ1v) is 7.85. The predicted octanol–water partition coefficient (Wildman–Crippen LogP) is 2.26. The molecule has 2 aromatic carbocycles. The molecule has 2 aromatic rings. The van der Waals surface area contributed by atoms with Crippen LogP contribution < -0.4 is 10.8 Å². The fraction of sp³-hybridized carbons (Fsp3) is 0.167. The van der Waals surface area contributed by atoms with Gasteiger partial charge in [-0.1, -0.05) is 29.2 Å². The van der Waals surface area contributed by atoms with Gasteiger partial charge in [-0.25, -0.2) is 0 Å². The molecule has 5 nitrogen and oxygen atoms in total. The summed E-state index contributed by atoms with van der Waals surface area (Å²) in [7, 11) is 7.02. The highest BCUT2D eigenvalue weighted by atomic mass is 35.5. The molecule has 0 unspecified atom stereocenters. The van der Waals surface area contributed by atoms with Crippen molar-refractivity contribution in [3.8, 4) is 0 Å². The van der Waals surface area contributed by atoms with E-state index < -0.39 is 11.9 Å². The van der Waals surface area contributed by atoms with E-state index in [9.17, 15) is 14.4 Å². The number of ketones is 1. The SMILES string of the molecule is [B]c1ccc(NC(=O)CCC(=O)OC)c(C(=O)c2ccc(Cl)cc2)c1. The average Bonchev–Trinajstić information content (AvgIpc) is 2.61. The summed E-state index contributed by atoms with van der Waals surface area (Å²) in [5, 5.41) is 3.14. The molecule has 0 saturated heterocycles. The first-order chi connectivity index (χ1) is 11.9. The Morgan fingerprint density at radius 1 is 1.08 bits per heavy atom. The number of ether oxygens (including phenoxy) is 1. The normalized spacial score (nSPS) is 10.2. The van der Waals surface area contributed by atoms with Crippen LogP contribution in [0.15, 0.2) is 42.5 Å². The van der Waals surface area contributed by atoms with Crippen molar-refractivity contribution in [2.24, 2.45) is 0 Å². The zero-order valence-electron chi connectivity index (χ0n) is 13.5. The number of halogens is 1. The third kappa shape index (κ3) is 5.19. The number of hydrogen-bond acceptors (Lipinski definition) is 4. The van der Waals surface area contributed by atoms with Crippen molar-refractivity contribution in [3.63, 3.8) is 0 Å². The van der Waals surface area contributed by atoms with Gasteiger partial charge < -0.3 is 10.1 Å². The van der Waals surface area contributed by atoms with Gasteiger partial charge in [-0.15, -0.1) is 0 Å². The number of carbonyl (C=O) groups excluding carboxylic acids is 3. The molecule has 1 N–H and O–H groups in total. The molecule has 1 amide bonds. The van der Waals surface area contributed by atoms with E-state index in [0.29, 0.717) is 21.7 Å². The highest BCUT2D eigenvalue weighted by molar-refractivity contribution is 6.33. The van der Waals surface area contributed by atoms with E-state index in [2.05, 4.69) is 10.1 Å². The largest absolute Gasteiger partial charge is 0.469 e. The summed E-state index contributed by atoms with van der Waals surface area (Å²) in [6.45, 7) is 0. The second-order valence-corrected chi connectivity index (χ2v) is 5.70. The van der Waals surface area contributed by atoms with E-state index in [4.69, 9.17) is 19.4 Å². The van der Waals surface area contributed by atoms with Crippen LogP contribution in [0, 0.1) is 0 Å². The van der Waals surface area contributed by atoms with Crippen LogP contribution in [0.4, 0.5) is 5.69 Å². The predicted molar refractivity (Wildman–Crippen MR) is 96.6 cm³/mol. The molecule has 0 aliphatic carbocycles. The number of methoxy groups -OCH3 is 1. The summed E-state index contributed by atoms with van der Waals surface area (Å²) >= 11 is 5.83. The van der Waals surface area contributed by atoms with Gasteiger partial charge >= 0.3 is 5.97 Å². The Balaban J connectivity index is 2.22. The van der Waals surface area contributed by atoms with Gasteiger partial charge in [0.1, 0.15) is 7.85 Å². The van der Waals surface area contributed by atoms with Crippen LogP contribution in [0.1, 0.15) is 28.8 Å². The average molecular weight is 356 g/mol. The van der Waals surface area contributed by atoms with Crippen molar-refractivity contribution in [1.29, 1.82) is 0 Å². The maximum Gasteiger partial charge on any atom is 0.306 e. The van der Waals surface area contributed by atoms with Gasteiger partial charge in [0.15, 0.2) is 5.78 Å². The molecule has 0 fully saturated rings. The van der Waals surface area contributed by atoms with Crippen molar-refractivity contribution < 1.29 is 19.1 Å². The zero-order chi connectivity index (χ0) is 18.4. The molecule has 0 aliphatic heterocycles. The number of anilines is 1. The van der Waals surface area contributed by atoms with Crippen LogP contribution >= 0.6 is 11.6 Å². The molecule has 2 radical (unpaired) electrons. The molecular formula is C18H15BClNO4. The van der Waals surface area contributed by atoms with E-state index in [0.717, 1.165) is 0 Å². The highest BCUT2D eigenvalue weighted by Crippen LogP contribution is 2.20. The van der Waals surface area contributed by atoms with Crippen molar-refractivity contribution in [3.05, 3.63) is 58.6 Å². The number of benzene rings is 2. The van der Waals surface area contributed by atoms with E-state index in [-0.39, 0.29) is 24.2 Å². The lowest BCUT2D eigenvalue weighted by Crippen LogP contribution is -2.18. The first-order valence-electron chi connectivity index (χ1n) is 7.47. The molecule has 0 aliphatic rings. The Morgan fingerprint density at radius 2 is 1.76 bits per heavy atom. The molecule has 2 rings (SSSR count). The summed E-state index contributed by atoms with van der Waals surface area (Å²) in [5.74, 6) is -1.18. The summed E-state index contributed by atoms with van der Waals surface area (Å²) in [4.78, 5) is 35.8. The fourth-order valence-corrected chi connectivity index (χ4v) is 2.27. The quantitative estimate of drug-likeness (QED) is 0.490. The van der Waals surface area contributed by atoms with Gasteiger partial charge in [-0.2, -0.15) is 0 Å². The zero-order valence-corrected chi connectivity index (χ0v) is 14.3. The van der Waals surface area contributed by atoms with Gasteiger partial charge in [0.25, 0.3) is 0 Å². The number of amides is 1. The van der Waals surface area contributed by atoms with Crippen molar-refractivity contribution in [2.75, 3.05) is 12.4 Å². The number of hydrogen-bond donors (Lipinski definition) is 1. The van der Waals surface area contributed by atoms with E-state index >= 15 is 0 Å². The summed E-state index contributed by atoms with van der Waals surface area (Å²) < 4.78 is 4.50. The lowest BCUT2D eigenvalue weighted by atomic mass is 9.91. The lowest BCUT2D eigenvalue weighted by Gasteiger charge is -2.12. The number of esters is 1. The first kappa shape index (κ1) is 18.7. The molecular weight excluding hydrogens is 340 g/mol. The molecule has 7 heteroatoms. The van der Waals surface area contributed by atoms with Crippen molar-refractivity contribution in [1.82, 2.24) is 0 Å². The van der Waals surface area contributed by atoms with Gasteiger partial charge in [-0.05, 0) is 30.3 Å². The number of carbonyl (C=O) groups is 3. The topological polar surface area (TPSA) is 72.5 Å². The van der Waals surface area contributed by atoms with Crippen LogP contribution in [0.25, 0.3) is 0 Å². The molecule has 0 aromatic heterocycles. The van der Waals surface area contributed by atoms with E-state index in [1.165, 1.54) is 13.2 Å². The maximum absolute atomic E-state index is 12.7. The van der Waals surface area contributed by atoms with Crippen LogP contribution in [-0.4, -0.2) is 32.6 Å². The Hall–Kier alpha value is -2.60. The minimum absolute atomic E-state index is 0.0439. The van der Waals surface area contributed by atoms with Crippen molar-refractivity contribution >= 4 is 48.3 Å². The Bertz CT molecular complexity index is 805. The molecule has 0 spiro atoms. The Kier molecular flexibility index (Phi) is 6.36. The molecule has 0 heterocycles. The van der Waals surface area contributed by atoms with Crippen LogP contribution in [0.5, 0.6) is 0 Å². The van der Waals surface area contributed by atoms with Crippen LogP contribution in [0.2, 0.25) is 5.02 Å². The monoisotopic (exact) mass is 355 g/mol. The number of nitrogens with one attached hydrogen (secondary N) is 1. The molecule has 0 bridgehead atoms. The molecule has 126 valence electrons. The highest BCUT2D eigenvalue weighted by Gasteiger charge is 2.16. The van der Waals surface area contributed by atoms with Gasteiger partial charge in [0.2, 0.25) is 5.91 Å². The minimum atomic E-state index is -0.482. The summed E-state index contributed by atoms with van der Waals surface area (Å²) in [5.41, 5.74) is 1.39. The smallest absolute Gasteiger partial charge is 0.306 e. The second kappa shape index (κ2) is 8.49. The van der Waals surface area contributed by atoms with E-state index in [1.807, 2.05) is 0 Å². The standard InChI is InChI=1S/C18H15BClNO4/c1-25-17(23)9-8-16(22)21-15-7-4-12(19)10-14(15)18(24)11-2-5-13(20)6-3-11/h2-7,10H,8-9H2,1H3,(H,21,22). The van der Waals surface area contributed by atoms with Gasteiger partial charge in [0, 0.05) is 22.6 Å². The van der Waals surface area contributed by atoms with Crippen LogP contribution in [0.3, 0.4) is 0 Å². The summed E-state index contributed by atoms with van der Waals surface area (Å²) in [6, 6.07) is 11.0. The molecule has 0 saturated carbocycles. The number of rotatable bonds is 6. The fourth-order valence-electron chi connectivity index (χ4n) is 2.15. The lowest BCUT2D eigenvalue weighted by molar-refractivity contribution is -0.141. The molecule has 0 atom stereocenters. The minimum Gasteiger partial charge on any atom is -0.469 e. The van der Waals surface area contributed by atoms with E-state index in [1.54, 1.807) is 36.4 Å². The maximum atomic E-state index is 12.7. The summed E-state index contributed by atoms with van der Waals surface area (Å²) in [6.07, 6.45) is -0.0939. The van der Waals surface area contributed by atoms with Gasteiger partial charge in [0.05, 0.1) is 19.2 Å². The third-order valence-electron chi connectivity index (χ3n) is 3.45. The Morgan fingerprint density at radius 3 is 2.40 bits per heavy atom. The van der Waals surface area contributed by atoms with Crippen molar-refractivity contribution in [2.45, 2.75) is 12.8 Å².